The van der Waals surface area contributed by atoms with Crippen LogP contribution >= 0.6 is 0 Å². The molecule has 2 aromatic rings. The molecule has 19 heavy (non-hydrogen) atoms. The molecule has 2 aromatic heterocycles. The Hall–Kier alpha value is -1.42. The van der Waals surface area contributed by atoms with Crippen LogP contribution in [0.1, 0.15) is 39.4 Å². The summed E-state index contributed by atoms with van der Waals surface area (Å²) in [6.07, 6.45) is 5.08. The fourth-order valence-electron chi connectivity index (χ4n) is 2.29. The van der Waals surface area contributed by atoms with Gasteiger partial charge in [-0.25, -0.2) is 9.97 Å². The first-order valence-corrected chi connectivity index (χ1v) is 7.26. The Bertz CT molecular complexity index is 516. The van der Waals surface area contributed by atoms with Crippen molar-refractivity contribution in [2.75, 3.05) is 6.54 Å². The molecular formula is C15H24N4. The smallest absolute Gasteiger partial charge is 0.159 e. The molecule has 0 aromatic carbocycles. The minimum Gasteiger partial charge on any atom is -0.315 e. The Morgan fingerprint density at radius 3 is 2.95 bits per heavy atom. The van der Waals surface area contributed by atoms with E-state index >= 15 is 0 Å². The van der Waals surface area contributed by atoms with E-state index in [4.69, 9.17) is 4.98 Å². The number of aryl methyl sites for hydroxylation is 2. The Labute approximate surface area is 115 Å². The Morgan fingerprint density at radius 1 is 1.37 bits per heavy atom. The van der Waals surface area contributed by atoms with Crippen molar-refractivity contribution in [1.29, 1.82) is 0 Å². The van der Waals surface area contributed by atoms with E-state index in [9.17, 15) is 0 Å². The number of hydrogen-bond donors (Lipinski definition) is 1. The first-order valence-electron chi connectivity index (χ1n) is 7.26. The number of nitrogens with zero attached hydrogens (tertiary/aromatic N) is 3. The second kappa shape index (κ2) is 6.66. The van der Waals surface area contributed by atoms with Gasteiger partial charge in [0.05, 0.1) is 0 Å². The highest BCUT2D eigenvalue weighted by atomic mass is 15.1. The molecule has 0 unspecified atom stereocenters. The van der Waals surface area contributed by atoms with Crippen molar-refractivity contribution in [2.45, 2.75) is 52.6 Å². The predicted octanol–water partition coefficient (Wildman–Crippen LogP) is 2.77. The van der Waals surface area contributed by atoms with Crippen molar-refractivity contribution in [3.63, 3.8) is 0 Å². The minimum absolute atomic E-state index is 0.552. The first kappa shape index (κ1) is 14.0. The number of pyridine rings is 1. The molecule has 0 saturated heterocycles. The number of rotatable bonds is 7. The lowest BCUT2D eigenvalue weighted by atomic mass is 10.2. The van der Waals surface area contributed by atoms with Crippen LogP contribution in [0.3, 0.4) is 0 Å². The summed E-state index contributed by atoms with van der Waals surface area (Å²) in [6.45, 7) is 8.59. The van der Waals surface area contributed by atoms with Crippen molar-refractivity contribution in [3.8, 4) is 0 Å². The van der Waals surface area contributed by atoms with Gasteiger partial charge in [-0.3, -0.25) is 0 Å². The van der Waals surface area contributed by atoms with Crippen LogP contribution in [0.4, 0.5) is 0 Å². The molecule has 4 nitrogen and oxygen atoms in total. The summed E-state index contributed by atoms with van der Waals surface area (Å²) in [4.78, 5) is 9.18. The van der Waals surface area contributed by atoms with Gasteiger partial charge in [0.15, 0.2) is 5.65 Å². The predicted molar refractivity (Wildman–Crippen MR) is 79.3 cm³/mol. The summed E-state index contributed by atoms with van der Waals surface area (Å²) in [5.41, 5.74) is 2.04. The van der Waals surface area contributed by atoms with E-state index in [-0.39, 0.29) is 0 Å². The van der Waals surface area contributed by atoms with Gasteiger partial charge in [0.1, 0.15) is 11.3 Å². The third-order valence-electron chi connectivity index (χ3n) is 3.16. The van der Waals surface area contributed by atoms with Crippen molar-refractivity contribution < 1.29 is 0 Å². The second-order valence-corrected chi connectivity index (χ2v) is 5.24. The van der Waals surface area contributed by atoms with E-state index in [1.54, 1.807) is 0 Å². The molecule has 0 bridgehead atoms. The Kier molecular flexibility index (Phi) is 4.91. The third kappa shape index (κ3) is 3.53. The molecule has 2 rings (SSSR count). The fourth-order valence-corrected chi connectivity index (χ4v) is 2.29. The summed E-state index contributed by atoms with van der Waals surface area (Å²) >= 11 is 0. The molecule has 0 fully saturated rings. The number of imidazole rings is 1. The van der Waals surface area contributed by atoms with E-state index in [1.807, 2.05) is 18.3 Å². The lowest BCUT2D eigenvalue weighted by molar-refractivity contribution is 0.556. The molecule has 104 valence electrons. The van der Waals surface area contributed by atoms with Gasteiger partial charge in [0.25, 0.3) is 0 Å². The zero-order valence-corrected chi connectivity index (χ0v) is 12.2. The molecule has 4 heteroatoms. The maximum atomic E-state index is 4.72. The van der Waals surface area contributed by atoms with Gasteiger partial charge in [-0.1, -0.05) is 20.8 Å². The lowest BCUT2D eigenvalue weighted by Gasteiger charge is -2.09. The Morgan fingerprint density at radius 2 is 2.21 bits per heavy atom. The summed E-state index contributed by atoms with van der Waals surface area (Å²) in [7, 11) is 0. The molecule has 0 aliphatic heterocycles. The standard InChI is InChI=1S/C15H24N4/c1-4-11-19-14(8-6-9-16-12(2)3)18-13-7-5-10-17-15(13)19/h5,7,10,12,16H,4,6,8-9,11H2,1-3H3. The average Bonchev–Trinajstić information content (AvgIpc) is 2.74. The first-order chi connectivity index (χ1) is 9.22. The van der Waals surface area contributed by atoms with Crippen LogP contribution < -0.4 is 5.32 Å². The van der Waals surface area contributed by atoms with E-state index in [1.165, 1.54) is 5.82 Å². The van der Waals surface area contributed by atoms with E-state index in [0.717, 1.165) is 43.5 Å². The van der Waals surface area contributed by atoms with Crippen molar-refractivity contribution in [1.82, 2.24) is 19.9 Å². The van der Waals surface area contributed by atoms with Gasteiger partial charge in [-0.2, -0.15) is 0 Å². The highest BCUT2D eigenvalue weighted by Crippen LogP contribution is 2.15. The molecule has 0 amide bonds. The molecule has 0 aliphatic carbocycles. The number of aromatic nitrogens is 3. The molecule has 0 atom stereocenters. The minimum atomic E-state index is 0.552. The molecule has 0 aliphatic rings. The Balaban J connectivity index is 2.10. The molecule has 1 N–H and O–H groups in total. The molecule has 0 radical (unpaired) electrons. The number of hydrogen-bond acceptors (Lipinski definition) is 3. The molecular weight excluding hydrogens is 236 g/mol. The van der Waals surface area contributed by atoms with E-state index in [0.29, 0.717) is 6.04 Å². The zero-order valence-electron chi connectivity index (χ0n) is 12.2. The van der Waals surface area contributed by atoms with Gasteiger partial charge in [-0.05, 0) is 31.5 Å². The maximum absolute atomic E-state index is 4.72. The lowest BCUT2D eigenvalue weighted by Crippen LogP contribution is -2.24. The normalized spacial score (nSPS) is 11.6. The van der Waals surface area contributed by atoms with Crippen molar-refractivity contribution in [3.05, 3.63) is 24.2 Å². The van der Waals surface area contributed by atoms with Gasteiger partial charge in [0.2, 0.25) is 0 Å². The zero-order chi connectivity index (χ0) is 13.7. The van der Waals surface area contributed by atoms with Crippen molar-refractivity contribution in [2.24, 2.45) is 0 Å². The van der Waals surface area contributed by atoms with Gasteiger partial charge in [-0.15, -0.1) is 0 Å². The second-order valence-electron chi connectivity index (χ2n) is 5.24. The average molecular weight is 260 g/mol. The summed E-state index contributed by atoms with van der Waals surface area (Å²) in [6, 6.07) is 4.55. The van der Waals surface area contributed by atoms with Crippen LogP contribution in [0.25, 0.3) is 11.2 Å². The molecule has 2 heterocycles. The number of fused-ring (bicyclic) bond motifs is 1. The van der Waals surface area contributed by atoms with Crippen LogP contribution in [0.15, 0.2) is 18.3 Å². The highest BCUT2D eigenvalue weighted by molar-refractivity contribution is 5.71. The highest BCUT2D eigenvalue weighted by Gasteiger charge is 2.10. The van der Waals surface area contributed by atoms with E-state index < -0.39 is 0 Å². The van der Waals surface area contributed by atoms with Crippen LogP contribution in [-0.2, 0) is 13.0 Å². The van der Waals surface area contributed by atoms with Crippen LogP contribution in [0.2, 0.25) is 0 Å². The van der Waals surface area contributed by atoms with Crippen LogP contribution in [0.5, 0.6) is 0 Å². The van der Waals surface area contributed by atoms with E-state index in [2.05, 4.69) is 35.6 Å². The van der Waals surface area contributed by atoms with Gasteiger partial charge in [0, 0.05) is 25.2 Å². The summed E-state index contributed by atoms with van der Waals surface area (Å²) in [5.74, 6) is 1.17. The largest absolute Gasteiger partial charge is 0.315 e. The summed E-state index contributed by atoms with van der Waals surface area (Å²) in [5, 5.41) is 3.45. The van der Waals surface area contributed by atoms with Gasteiger partial charge < -0.3 is 9.88 Å². The molecule has 0 saturated carbocycles. The van der Waals surface area contributed by atoms with Gasteiger partial charge >= 0.3 is 0 Å². The number of nitrogens with one attached hydrogen (secondary N) is 1. The topological polar surface area (TPSA) is 42.7 Å². The molecule has 0 spiro atoms. The fraction of sp³-hybridized carbons (Fsp3) is 0.600. The van der Waals surface area contributed by atoms with Crippen LogP contribution in [0, 0.1) is 0 Å². The van der Waals surface area contributed by atoms with Crippen LogP contribution in [-0.4, -0.2) is 27.1 Å². The summed E-state index contributed by atoms with van der Waals surface area (Å²) < 4.78 is 2.27. The SMILES string of the molecule is CCCn1c(CCCNC(C)C)nc2cccnc21. The third-order valence-corrected chi connectivity index (χ3v) is 3.16. The monoisotopic (exact) mass is 260 g/mol. The quantitative estimate of drug-likeness (QED) is 0.778. The maximum Gasteiger partial charge on any atom is 0.159 e. The van der Waals surface area contributed by atoms with Crippen molar-refractivity contribution >= 4 is 11.2 Å².